The van der Waals surface area contributed by atoms with Crippen LogP contribution in [0.4, 0.5) is 0 Å². The zero-order chi connectivity index (χ0) is 4.28. The van der Waals surface area contributed by atoms with Gasteiger partial charge in [-0.1, -0.05) is 12.2 Å². The quantitative estimate of drug-likeness (QED) is 0.268. The van der Waals surface area contributed by atoms with E-state index < -0.39 is 0 Å². The molecule has 0 aliphatic carbocycles. The van der Waals surface area contributed by atoms with Gasteiger partial charge in [0, 0.05) is 7.05 Å². The van der Waals surface area contributed by atoms with Crippen LogP contribution in [0.25, 0.3) is 0 Å². The Labute approximate surface area is 70.6 Å². The van der Waals surface area contributed by atoms with Gasteiger partial charge in [-0.2, -0.15) is 0 Å². The molecule has 32 valence electrons. The summed E-state index contributed by atoms with van der Waals surface area (Å²) < 4.78 is 0.532. The minimum atomic E-state index is 0. The summed E-state index contributed by atoms with van der Waals surface area (Å²) in [5.41, 5.74) is 0. The summed E-state index contributed by atoms with van der Waals surface area (Å²) in [6.45, 7) is 0. The first kappa shape index (κ1) is 10.3. The van der Waals surface area contributed by atoms with Gasteiger partial charge in [0.05, 0.1) is 0 Å². The van der Waals surface area contributed by atoms with Crippen molar-refractivity contribution in [1.82, 2.24) is 5.32 Å². The van der Waals surface area contributed by atoms with Crippen LogP contribution in [0.1, 0.15) is 0 Å². The molecule has 0 radical (unpaired) electrons. The first-order chi connectivity index (χ1) is 2.27. The average molecular weight is 131 g/mol. The molecule has 1 N–H and O–H groups in total. The summed E-state index contributed by atoms with van der Waals surface area (Å²) in [5.74, 6) is 0. The molecule has 6 heavy (non-hydrogen) atoms. The van der Waals surface area contributed by atoms with E-state index in [0.717, 1.165) is 0 Å². The van der Waals surface area contributed by atoms with Gasteiger partial charge in [0.2, 0.25) is 0 Å². The van der Waals surface area contributed by atoms with Crippen molar-refractivity contribution < 1.29 is 0 Å². The zero-order valence-corrected chi connectivity index (χ0v) is 4.57. The third kappa shape index (κ3) is 8.97. The molecule has 1 nitrogen and oxygen atoms in total. The summed E-state index contributed by atoms with van der Waals surface area (Å²) >= 11 is 8.17. The number of nitrogens with one attached hydrogen (secondary N) is 1. The predicted molar refractivity (Wildman–Crippen MR) is 37.8 cm³/mol. The number of hydrogen-bond acceptors (Lipinski definition) is 1. The van der Waals surface area contributed by atoms with Crippen molar-refractivity contribution in [2.24, 2.45) is 0 Å². The second kappa shape index (κ2) is 6.24. The summed E-state index contributed by atoms with van der Waals surface area (Å²) in [4.78, 5) is 0. The molecule has 0 bridgehead atoms. The van der Waals surface area contributed by atoms with Gasteiger partial charge in [0.1, 0.15) is 4.32 Å². The Hall–Kier alpha value is 1.24. The molecule has 0 aromatic rings. The topological polar surface area (TPSA) is 12.0 Å². The van der Waals surface area contributed by atoms with Gasteiger partial charge < -0.3 is 5.32 Å². The summed E-state index contributed by atoms with van der Waals surface area (Å²) in [5, 5.41) is 2.62. The van der Waals surface area contributed by atoms with E-state index in [1.165, 1.54) is 0 Å². The van der Waals surface area contributed by atoms with Crippen molar-refractivity contribution >= 4 is 58.7 Å². The Morgan fingerprint density at radius 2 is 2.00 bits per heavy atom. The molecule has 0 spiro atoms. The molecule has 0 aliphatic heterocycles. The fraction of sp³-hybridized carbons (Fsp3) is 0.500. The maximum atomic E-state index is 4.45. The predicted octanol–water partition coefficient (Wildman–Crippen LogP) is -0.228. The Morgan fingerprint density at radius 1 is 1.83 bits per heavy atom. The normalized spacial score (nSPS) is 5.67. The van der Waals surface area contributed by atoms with Crippen LogP contribution in [-0.2, 0) is 0 Å². The monoisotopic (exact) mass is 131 g/mol. The molecule has 0 saturated heterocycles. The van der Waals surface area contributed by atoms with E-state index in [0.29, 0.717) is 4.32 Å². The average Bonchev–Trinajstić information content (AvgIpc) is 1.38. The maximum absolute atomic E-state index is 4.45. The molecule has 4 heteroatoms. The zero-order valence-electron chi connectivity index (χ0n) is 2.86. The molecular weight excluding hydrogens is 125 g/mol. The van der Waals surface area contributed by atoms with Crippen LogP contribution in [0.3, 0.4) is 0 Å². The SMILES string of the molecule is CNC(=S)S.[NaH]. The Balaban J connectivity index is 0. The summed E-state index contributed by atoms with van der Waals surface area (Å²) in [7, 11) is 1.73. The molecule has 0 aromatic heterocycles. The van der Waals surface area contributed by atoms with Crippen LogP contribution in [0.2, 0.25) is 0 Å². The van der Waals surface area contributed by atoms with Gasteiger partial charge in [-0.15, -0.1) is 12.6 Å². The van der Waals surface area contributed by atoms with Gasteiger partial charge >= 0.3 is 29.6 Å². The molecule has 0 amide bonds. The number of thiol groups is 1. The van der Waals surface area contributed by atoms with Crippen LogP contribution in [0.5, 0.6) is 0 Å². The van der Waals surface area contributed by atoms with E-state index >= 15 is 0 Å². The van der Waals surface area contributed by atoms with Crippen molar-refractivity contribution in [1.29, 1.82) is 0 Å². The van der Waals surface area contributed by atoms with Crippen LogP contribution >= 0.6 is 24.8 Å². The fourth-order valence-electron chi connectivity index (χ4n) is 0. The Bertz CT molecular complexity index is 46.8. The number of rotatable bonds is 0. The second-order valence-corrected chi connectivity index (χ2v) is 1.71. The van der Waals surface area contributed by atoms with Gasteiger partial charge in [-0.3, -0.25) is 0 Å². The molecule has 0 rings (SSSR count). The van der Waals surface area contributed by atoms with Gasteiger partial charge in [0.25, 0.3) is 0 Å². The molecule has 0 unspecified atom stereocenters. The Morgan fingerprint density at radius 3 is 2.00 bits per heavy atom. The van der Waals surface area contributed by atoms with Crippen LogP contribution in [0, 0.1) is 0 Å². The summed E-state index contributed by atoms with van der Waals surface area (Å²) in [6.07, 6.45) is 0. The fourth-order valence-corrected chi connectivity index (χ4v) is 0. The number of hydrogen-bond donors (Lipinski definition) is 2. The van der Waals surface area contributed by atoms with Crippen LogP contribution < -0.4 is 5.32 Å². The van der Waals surface area contributed by atoms with E-state index in [4.69, 9.17) is 0 Å². The van der Waals surface area contributed by atoms with Crippen LogP contribution in [-0.4, -0.2) is 40.9 Å². The molecule has 0 aromatic carbocycles. The minimum absolute atomic E-state index is 0. The van der Waals surface area contributed by atoms with Crippen molar-refractivity contribution in [3.63, 3.8) is 0 Å². The van der Waals surface area contributed by atoms with Crippen molar-refractivity contribution in [3.05, 3.63) is 0 Å². The van der Waals surface area contributed by atoms with Crippen LogP contribution in [0.15, 0.2) is 0 Å². The van der Waals surface area contributed by atoms with Crippen molar-refractivity contribution in [2.75, 3.05) is 7.05 Å². The molecule has 0 aliphatic rings. The molecule has 0 fully saturated rings. The third-order valence-electron chi connectivity index (χ3n) is 0.214. The van der Waals surface area contributed by atoms with Gasteiger partial charge in [-0.05, 0) is 0 Å². The third-order valence-corrected chi connectivity index (χ3v) is 0.642. The molecule has 0 saturated carbocycles. The van der Waals surface area contributed by atoms with Crippen molar-refractivity contribution in [2.45, 2.75) is 0 Å². The van der Waals surface area contributed by atoms with E-state index in [-0.39, 0.29) is 29.6 Å². The molecular formula is C2H6NNaS2. The second-order valence-electron chi connectivity index (χ2n) is 0.555. The van der Waals surface area contributed by atoms with Gasteiger partial charge in [0.15, 0.2) is 0 Å². The van der Waals surface area contributed by atoms with E-state index in [1.807, 2.05) is 0 Å². The number of thiocarbonyl (C=S) groups is 1. The van der Waals surface area contributed by atoms with Gasteiger partial charge in [-0.25, -0.2) is 0 Å². The summed E-state index contributed by atoms with van der Waals surface area (Å²) in [6, 6.07) is 0. The van der Waals surface area contributed by atoms with Crippen molar-refractivity contribution in [3.8, 4) is 0 Å². The Kier molecular flexibility index (Phi) is 10.7. The van der Waals surface area contributed by atoms with E-state index in [1.54, 1.807) is 7.05 Å². The van der Waals surface area contributed by atoms with E-state index in [9.17, 15) is 0 Å². The first-order valence-corrected chi connectivity index (χ1v) is 2.03. The van der Waals surface area contributed by atoms with E-state index in [2.05, 4.69) is 30.2 Å². The molecule has 0 heterocycles. The molecule has 0 atom stereocenters. The standard InChI is InChI=1S/C2H5NS2.Na.H/c1-3-2(4)5;;/h1H3,(H2,3,4,5);;. The first-order valence-electron chi connectivity index (χ1n) is 1.18.